The number of nitrogens with zero attached hydrogens (tertiary/aromatic N) is 4. The van der Waals surface area contributed by atoms with Gasteiger partial charge in [-0.2, -0.15) is 0 Å². The minimum atomic E-state index is 0.270. The van der Waals surface area contributed by atoms with E-state index in [0.717, 1.165) is 33.5 Å². The lowest BCUT2D eigenvalue weighted by molar-refractivity contribution is 1.06. The Morgan fingerprint density at radius 3 is 2.38 bits per heavy atom. The van der Waals surface area contributed by atoms with Crippen molar-refractivity contribution in [3.05, 3.63) is 78.2 Å². The van der Waals surface area contributed by atoms with Crippen LogP contribution in [0.4, 0.5) is 5.95 Å². The molecule has 0 radical (unpaired) electrons. The van der Waals surface area contributed by atoms with Crippen LogP contribution in [0, 0.1) is 0 Å². The van der Waals surface area contributed by atoms with Crippen molar-refractivity contribution in [3.8, 4) is 11.3 Å². The van der Waals surface area contributed by atoms with E-state index in [4.69, 9.17) is 10.7 Å². The SMILES string of the molecule is Nc1nc(Cc2ccccc2)c2nc(-c3ccncc3)ccc2n1. The Bertz CT molecular complexity index is 984. The zero-order chi connectivity index (χ0) is 16.4. The maximum atomic E-state index is 5.87. The molecule has 0 saturated carbocycles. The number of hydrogen-bond acceptors (Lipinski definition) is 5. The summed E-state index contributed by atoms with van der Waals surface area (Å²) in [5.74, 6) is 0.270. The van der Waals surface area contributed by atoms with Crippen LogP contribution in [0.2, 0.25) is 0 Å². The zero-order valence-corrected chi connectivity index (χ0v) is 12.9. The van der Waals surface area contributed by atoms with E-state index in [2.05, 4.69) is 27.1 Å². The zero-order valence-electron chi connectivity index (χ0n) is 12.9. The van der Waals surface area contributed by atoms with Gasteiger partial charge in [-0.3, -0.25) is 4.98 Å². The molecule has 0 saturated heterocycles. The molecule has 3 heterocycles. The van der Waals surface area contributed by atoms with Crippen molar-refractivity contribution >= 4 is 17.0 Å². The predicted octanol–water partition coefficient (Wildman–Crippen LogP) is 3.26. The molecule has 116 valence electrons. The van der Waals surface area contributed by atoms with Gasteiger partial charge in [-0.15, -0.1) is 0 Å². The number of nitrogen functional groups attached to an aromatic ring is 1. The van der Waals surface area contributed by atoms with Crippen LogP contribution in [0.15, 0.2) is 67.0 Å². The van der Waals surface area contributed by atoms with Gasteiger partial charge < -0.3 is 5.73 Å². The average molecular weight is 313 g/mol. The van der Waals surface area contributed by atoms with Gasteiger partial charge in [0, 0.05) is 24.4 Å². The summed E-state index contributed by atoms with van der Waals surface area (Å²) in [6.07, 6.45) is 4.17. The van der Waals surface area contributed by atoms with Gasteiger partial charge in [0.1, 0.15) is 5.52 Å². The first-order valence-corrected chi connectivity index (χ1v) is 7.67. The molecule has 0 bridgehead atoms. The van der Waals surface area contributed by atoms with Crippen LogP contribution in [0.3, 0.4) is 0 Å². The van der Waals surface area contributed by atoms with Gasteiger partial charge >= 0.3 is 0 Å². The second kappa shape index (κ2) is 6.04. The molecule has 5 nitrogen and oxygen atoms in total. The van der Waals surface area contributed by atoms with Crippen molar-refractivity contribution in [2.45, 2.75) is 6.42 Å². The highest BCUT2D eigenvalue weighted by Crippen LogP contribution is 2.23. The van der Waals surface area contributed by atoms with Crippen molar-refractivity contribution in [2.75, 3.05) is 5.73 Å². The average Bonchev–Trinajstić information content (AvgIpc) is 2.63. The van der Waals surface area contributed by atoms with E-state index in [-0.39, 0.29) is 5.95 Å². The molecule has 24 heavy (non-hydrogen) atoms. The molecule has 0 fully saturated rings. The second-order valence-corrected chi connectivity index (χ2v) is 5.49. The minimum absolute atomic E-state index is 0.270. The summed E-state index contributed by atoms with van der Waals surface area (Å²) in [6, 6.07) is 17.9. The summed E-state index contributed by atoms with van der Waals surface area (Å²) in [6.45, 7) is 0. The van der Waals surface area contributed by atoms with Gasteiger partial charge in [0.15, 0.2) is 0 Å². The Labute approximate surface area is 139 Å². The second-order valence-electron chi connectivity index (χ2n) is 5.49. The third-order valence-corrected chi connectivity index (χ3v) is 3.82. The Hall–Kier alpha value is -3.34. The normalized spacial score (nSPS) is 10.8. The van der Waals surface area contributed by atoms with Gasteiger partial charge in [-0.1, -0.05) is 30.3 Å². The van der Waals surface area contributed by atoms with E-state index in [1.165, 1.54) is 0 Å². The number of anilines is 1. The molecule has 0 amide bonds. The van der Waals surface area contributed by atoms with Crippen LogP contribution >= 0.6 is 0 Å². The molecule has 4 aromatic rings. The summed E-state index contributed by atoms with van der Waals surface area (Å²) in [5.41, 5.74) is 11.3. The fourth-order valence-electron chi connectivity index (χ4n) is 2.69. The third-order valence-electron chi connectivity index (χ3n) is 3.82. The number of hydrogen-bond donors (Lipinski definition) is 1. The Balaban J connectivity index is 1.85. The summed E-state index contributed by atoms with van der Waals surface area (Å²) in [5, 5.41) is 0. The van der Waals surface area contributed by atoms with E-state index in [0.29, 0.717) is 6.42 Å². The molecule has 0 aliphatic rings. The van der Waals surface area contributed by atoms with Crippen LogP contribution in [0.1, 0.15) is 11.3 Å². The minimum Gasteiger partial charge on any atom is -0.368 e. The number of nitrogens with two attached hydrogens (primary N) is 1. The van der Waals surface area contributed by atoms with Crippen LogP contribution < -0.4 is 5.73 Å². The van der Waals surface area contributed by atoms with Crippen LogP contribution in [-0.2, 0) is 6.42 Å². The molecule has 4 rings (SSSR count). The lowest BCUT2D eigenvalue weighted by Crippen LogP contribution is -2.03. The van der Waals surface area contributed by atoms with E-state index in [1.54, 1.807) is 12.4 Å². The fraction of sp³-hybridized carbons (Fsp3) is 0.0526. The molecule has 0 aliphatic heterocycles. The van der Waals surface area contributed by atoms with E-state index in [1.807, 2.05) is 42.5 Å². The lowest BCUT2D eigenvalue weighted by Gasteiger charge is -2.08. The Morgan fingerprint density at radius 1 is 0.792 bits per heavy atom. The highest BCUT2D eigenvalue weighted by Gasteiger charge is 2.10. The number of benzene rings is 1. The number of aromatic nitrogens is 4. The maximum Gasteiger partial charge on any atom is 0.220 e. The fourth-order valence-corrected chi connectivity index (χ4v) is 2.69. The lowest BCUT2D eigenvalue weighted by atomic mass is 10.1. The molecule has 2 N–H and O–H groups in total. The topological polar surface area (TPSA) is 77.6 Å². The van der Waals surface area contributed by atoms with Crippen LogP contribution in [-0.4, -0.2) is 19.9 Å². The number of rotatable bonds is 3. The Kier molecular flexibility index (Phi) is 3.59. The van der Waals surface area contributed by atoms with E-state index in [9.17, 15) is 0 Å². The quantitative estimate of drug-likeness (QED) is 0.628. The van der Waals surface area contributed by atoms with Crippen molar-refractivity contribution in [2.24, 2.45) is 0 Å². The summed E-state index contributed by atoms with van der Waals surface area (Å²) in [4.78, 5) is 17.6. The van der Waals surface area contributed by atoms with Gasteiger partial charge in [-0.05, 0) is 29.8 Å². The Morgan fingerprint density at radius 2 is 1.58 bits per heavy atom. The summed E-state index contributed by atoms with van der Waals surface area (Å²) in [7, 11) is 0. The summed E-state index contributed by atoms with van der Waals surface area (Å²) >= 11 is 0. The van der Waals surface area contributed by atoms with Crippen molar-refractivity contribution in [3.63, 3.8) is 0 Å². The molecule has 3 aromatic heterocycles. The van der Waals surface area contributed by atoms with Crippen LogP contribution in [0.5, 0.6) is 0 Å². The van der Waals surface area contributed by atoms with Crippen molar-refractivity contribution in [1.82, 2.24) is 19.9 Å². The van der Waals surface area contributed by atoms with E-state index >= 15 is 0 Å². The van der Waals surface area contributed by atoms with Crippen molar-refractivity contribution in [1.29, 1.82) is 0 Å². The number of pyridine rings is 2. The molecule has 0 atom stereocenters. The summed E-state index contributed by atoms with van der Waals surface area (Å²) < 4.78 is 0. The monoisotopic (exact) mass is 313 g/mol. The molecular formula is C19H15N5. The largest absolute Gasteiger partial charge is 0.368 e. The highest BCUT2D eigenvalue weighted by molar-refractivity contribution is 5.81. The maximum absolute atomic E-state index is 5.87. The molecule has 0 aliphatic carbocycles. The molecular weight excluding hydrogens is 298 g/mol. The first-order valence-electron chi connectivity index (χ1n) is 7.67. The smallest absolute Gasteiger partial charge is 0.220 e. The van der Waals surface area contributed by atoms with E-state index < -0.39 is 0 Å². The first-order chi connectivity index (χ1) is 11.8. The van der Waals surface area contributed by atoms with Gasteiger partial charge in [0.25, 0.3) is 0 Å². The third kappa shape index (κ3) is 2.79. The number of fused-ring (bicyclic) bond motifs is 1. The molecule has 0 spiro atoms. The van der Waals surface area contributed by atoms with Gasteiger partial charge in [0.2, 0.25) is 5.95 Å². The van der Waals surface area contributed by atoms with Gasteiger partial charge in [-0.25, -0.2) is 15.0 Å². The predicted molar refractivity (Wildman–Crippen MR) is 94.2 cm³/mol. The molecule has 1 aromatic carbocycles. The standard InChI is InChI=1S/C19H15N5/c20-19-23-16-7-6-15(14-8-10-21-11-9-14)22-18(16)17(24-19)12-13-4-2-1-3-5-13/h1-11H,12H2,(H2,20,23,24). The van der Waals surface area contributed by atoms with Crippen molar-refractivity contribution < 1.29 is 0 Å². The highest BCUT2D eigenvalue weighted by atomic mass is 15.0. The molecule has 0 unspecified atom stereocenters. The van der Waals surface area contributed by atoms with Gasteiger partial charge in [0.05, 0.1) is 16.9 Å². The first kappa shape index (κ1) is 14.3. The van der Waals surface area contributed by atoms with Crippen LogP contribution in [0.25, 0.3) is 22.3 Å². The molecule has 5 heteroatoms.